The van der Waals surface area contributed by atoms with Gasteiger partial charge in [-0.15, -0.1) is 0 Å². The Morgan fingerprint density at radius 3 is 2.66 bits per heavy atom. The molecular formula is C30H43N9O2. The molecule has 2 aliphatic heterocycles. The Hall–Kier alpha value is -3.54. The zero-order valence-corrected chi connectivity index (χ0v) is 24.5. The van der Waals surface area contributed by atoms with Crippen molar-refractivity contribution in [1.29, 1.82) is 0 Å². The van der Waals surface area contributed by atoms with Gasteiger partial charge in [0.2, 0.25) is 17.8 Å². The summed E-state index contributed by atoms with van der Waals surface area (Å²) in [6.07, 6.45) is 7.30. The van der Waals surface area contributed by atoms with Crippen LogP contribution in [0.4, 0.5) is 17.6 Å². The van der Waals surface area contributed by atoms with Gasteiger partial charge in [0, 0.05) is 75.9 Å². The molecule has 0 spiro atoms. The van der Waals surface area contributed by atoms with Crippen LogP contribution in [0.3, 0.4) is 0 Å². The van der Waals surface area contributed by atoms with E-state index in [2.05, 4.69) is 51.6 Å². The van der Waals surface area contributed by atoms with Crippen LogP contribution in [0.5, 0.6) is 0 Å². The number of fused-ring (bicyclic) bond motifs is 1. The van der Waals surface area contributed by atoms with E-state index in [9.17, 15) is 4.79 Å². The van der Waals surface area contributed by atoms with Crippen LogP contribution in [0, 0.1) is 0 Å². The maximum Gasteiger partial charge on any atom is 0.248 e. The Kier molecular flexibility index (Phi) is 9.81. The third-order valence-electron chi connectivity index (χ3n) is 7.76. The molecule has 3 N–H and O–H groups in total. The Bertz CT molecular complexity index is 1320. The van der Waals surface area contributed by atoms with Gasteiger partial charge in [0.1, 0.15) is 0 Å². The molecule has 0 unspecified atom stereocenters. The van der Waals surface area contributed by atoms with Crippen molar-refractivity contribution in [2.24, 2.45) is 0 Å². The summed E-state index contributed by atoms with van der Waals surface area (Å²) in [6.45, 7) is 14.6. The van der Waals surface area contributed by atoms with E-state index in [1.807, 2.05) is 36.5 Å². The Labute approximate surface area is 242 Å². The van der Waals surface area contributed by atoms with Gasteiger partial charge in [0.15, 0.2) is 5.65 Å². The summed E-state index contributed by atoms with van der Waals surface area (Å²) in [5.74, 6) is 1.37. The average Bonchev–Trinajstić information content (AvgIpc) is 3.42. The van der Waals surface area contributed by atoms with Gasteiger partial charge in [-0.3, -0.25) is 9.69 Å². The zero-order chi connectivity index (χ0) is 28.6. The van der Waals surface area contributed by atoms with Crippen molar-refractivity contribution >= 4 is 29.1 Å². The second-order valence-corrected chi connectivity index (χ2v) is 11.1. The molecule has 2 fully saturated rings. The van der Waals surface area contributed by atoms with Gasteiger partial charge in [0.25, 0.3) is 0 Å². The predicted octanol–water partition coefficient (Wildman–Crippen LogP) is 3.58. The van der Waals surface area contributed by atoms with Crippen LogP contribution >= 0.6 is 0 Å². The number of hydrogen-bond acceptors (Lipinski definition) is 9. The number of benzene rings is 1. The van der Waals surface area contributed by atoms with Gasteiger partial charge < -0.3 is 25.6 Å². The smallest absolute Gasteiger partial charge is 0.248 e. The van der Waals surface area contributed by atoms with Crippen LogP contribution in [-0.4, -0.2) is 93.8 Å². The summed E-state index contributed by atoms with van der Waals surface area (Å²) in [7, 11) is 0. The molecule has 4 heterocycles. The van der Waals surface area contributed by atoms with Crippen molar-refractivity contribution in [2.45, 2.75) is 52.1 Å². The molecule has 0 atom stereocenters. The SMILES string of the molecule is CCN1CCN(C/C=C/C(=O)Nc2cccc(CNc3nc(NC4CCOCC4)nc4c(C(C)C)cnn34)c2)CC1. The molecule has 11 nitrogen and oxygen atoms in total. The fourth-order valence-electron chi connectivity index (χ4n) is 5.23. The topological polar surface area (TPSA) is 112 Å². The van der Waals surface area contributed by atoms with Crippen LogP contribution in [0.25, 0.3) is 5.65 Å². The van der Waals surface area contributed by atoms with Gasteiger partial charge in [-0.25, -0.2) is 0 Å². The lowest BCUT2D eigenvalue weighted by atomic mass is 10.1. The van der Waals surface area contributed by atoms with E-state index in [4.69, 9.17) is 14.7 Å². The maximum atomic E-state index is 12.6. The van der Waals surface area contributed by atoms with E-state index >= 15 is 0 Å². The number of likely N-dealkylation sites (N-methyl/N-ethyl adjacent to an activating group) is 1. The molecule has 0 bridgehead atoms. The van der Waals surface area contributed by atoms with Crippen LogP contribution in [-0.2, 0) is 16.1 Å². The van der Waals surface area contributed by atoms with Crippen LogP contribution in [0.15, 0.2) is 42.6 Å². The summed E-state index contributed by atoms with van der Waals surface area (Å²) in [4.78, 5) is 27.0. The standard InChI is InChI=1S/C30H43N9O2/c1-4-37-13-15-38(16-14-37)12-6-9-27(40)33-25-8-5-7-23(19-25)20-31-30-36-29(34-24-10-17-41-18-11-24)35-28-26(22(2)3)21-32-39(28)30/h5-9,19,21-22,24H,4,10-18,20H2,1-3H3,(H,33,40)(H2,31,34,35,36)/b9-6+. The molecule has 3 aromatic rings. The molecule has 5 rings (SSSR count). The molecule has 2 saturated heterocycles. The first-order valence-corrected chi connectivity index (χ1v) is 14.8. The third kappa shape index (κ3) is 7.81. The zero-order valence-electron chi connectivity index (χ0n) is 24.5. The number of piperazine rings is 1. The van der Waals surface area contributed by atoms with Crippen LogP contribution in [0.2, 0.25) is 0 Å². The van der Waals surface area contributed by atoms with E-state index in [0.717, 1.165) is 87.8 Å². The normalized spacial score (nSPS) is 17.5. The summed E-state index contributed by atoms with van der Waals surface area (Å²) in [6, 6.07) is 8.13. The molecule has 0 saturated carbocycles. The first-order valence-electron chi connectivity index (χ1n) is 14.8. The number of rotatable bonds is 11. The average molecular weight is 562 g/mol. The number of aromatic nitrogens is 4. The second-order valence-electron chi connectivity index (χ2n) is 11.1. The monoisotopic (exact) mass is 561 g/mol. The molecule has 2 aromatic heterocycles. The third-order valence-corrected chi connectivity index (χ3v) is 7.76. The summed E-state index contributed by atoms with van der Waals surface area (Å²) in [5, 5.41) is 14.5. The lowest BCUT2D eigenvalue weighted by molar-refractivity contribution is -0.111. The Morgan fingerprint density at radius 1 is 1.12 bits per heavy atom. The highest BCUT2D eigenvalue weighted by Crippen LogP contribution is 2.23. The largest absolute Gasteiger partial charge is 0.381 e. The van der Waals surface area contributed by atoms with Crippen molar-refractivity contribution in [3.63, 3.8) is 0 Å². The molecule has 220 valence electrons. The van der Waals surface area contributed by atoms with Crippen LogP contribution < -0.4 is 16.0 Å². The number of carbonyl (C=O) groups is 1. The molecule has 1 aromatic carbocycles. The predicted molar refractivity (Wildman–Crippen MR) is 162 cm³/mol. The fourth-order valence-corrected chi connectivity index (χ4v) is 5.23. The molecule has 2 aliphatic rings. The van der Waals surface area contributed by atoms with Gasteiger partial charge in [-0.05, 0) is 43.0 Å². The number of nitrogens with one attached hydrogen (secondary N) is 3. The minimum Gasteiger partial charge on any atom is -0.381 e. The fraction of sp³-hybridized carbons (Fsp3) is 0.533. The molecule has 0 aliphatic carbocycles. The van der Waals surface area contributed by atoms with Gasteiger partial charge in [0.05, 0.1) is 6.20 Å². The number of carbonyl (C=O) groups excluding carboxylic acids is 1. The first-order chi connectivity index (χ1) is 20.0. The lowest BCUT2D eigenvalue weighted by Crippen LogP contribution is -2.46. The second kappa shape index (κ2) is 13.9. The minimum atomic E-state index is -0.124. The summed E-state index contributed by atoms with van der Waals surface area (Å²) < 4.78 is 7.27. The Balaban J connectivity index is 1.21. The maximum absolute atomic E-state index is 12.6. The highest BCUT2D eigenvalue weighted by molar-refractivity contribution is 5.99. The van der Waals surface area contributed by atoms with E-state index in [1.54, 1.807) is 10.6 Å². The van der Waals surface area contributed by atoms with E-state index in [0.29, 0.717) is 18.4 Å². The lowest BCUT2D eigenvalue weighted by Gasteiger charge is -2.33. The first kappa shape index (κ1) is 29.0. The number of hydrogen-bond donors (Lipinski definition) is 3. The molecule has 41 heavy (non-hydrogen) atoms. The van der Waals surface area contributed by atoms with Crippen LogP contribution in [0.1, 0.15) is 50.7 Å². The van der Waals surface area contributed by atoms with Crippen molar-refractivity contribution in [1.82, 2.24) is 29.4 Å². The van der Waals surface area contributed by atoms with Crippen molar-refractivity contribution in [2.75, 3.05) is 68.4 Å². The van der Waals surface area contributed by atoms with E-state index in [1.165, 1.54) is 0 Å². The molecule has 11 heteroatoms. The van der Waals surface area contributed by atoms with Gasteiger partial charge >= 0.3 is 0 Å². The van der Waals surface area contributed by atoms with Crippen molar-refractivity contribution < 1.29 is 9.53 Å². The van der Waals surface area contributed by atoms with Crippen molar-refractivity contribution in [3.8, 4) is 0 Å². The molecule has 0 radical (unpaired) electrons. The van der Waals surface area contributed by atoms with Gasteiger partial charge in [-0.1, -0.05) is 39.0 Å². The highest BCUT2D eigenvalue weighted by Gasteiger charge is 2.19. The summed E-state index contributed by atoms with van der Waals surface area (Å²) >= 11 is 0. The molecular weight excluding hydrogens is 518 g/mol. The minimum absolute atomic E-state index is 0.124. The molecule has 1 amide bonds. The Morgan fingerprint density at radius 2 is 1.90 bits per heavy atom. The number of ether oxygens (including phenoxy) is 1. The number of nitrogens with zero attached hydrogens (tertiary/aromatic N) is 6. The summed E-state index contributed by atoms with van der Waals surface area (Å²) in [5.41, 5.74) is 3.65. The van der Waals surface area contributed by atoms with Crippen molar-refractivity contribution in [3.05, 3.63) is 53.7 Å². The number of amides is 1. The quantitative estimate of drug-likeness (QED) is 0.303. The van der Waals surface area contributed by atoms with E-state index < -0.39 is 0 Å². The van der Waals surface area contributed by atoms with E-state index in [-0.39, 0.29) is 17.9 Å². The van der Waals surface area contributed by atoms with Gasteiger partial charge in [-0.2, -0.15) is 19.6 Å². The highest BCUT2D eigenvalue weighted by atomic mass is 16.5. The number of anilines is 3.